The van der Waals surface area contributed by atoms with E-state index in [-0.39, 0.29) is 11.6 Å². The van der Waals surface area contributed by atoms with Crippen molar-refractivity contribution in [2.24, 2.45) is 0 Å². The van der Waals surface area contributed by atoms with Gasteiger partial charge in [0.05, 0.1) is 0 Å². The fourth-order valence-electron chi connectivity index (χ4n) is 4.32. The summed E-state index contributed by atoms with van der Waals surface area (Å²) in [6.07, 6.45) is 0.715. The predicted octanol–water partition coefficient (Wildman–Crippen LogP) is 6.66. The topological polar surface area (TPSA) is 34.1 Å². The molecule has 0 saturated heterocycles. The second-order valence-corrected chi connectivity index (χ2v) is 8.25. The van der Waals surface area contributed by atoms with Crippen LogP contribution in [0.4, 0.5) is 0 Å². The first-order valence-corrected chi connectivity index (χ1v) is 10.8. The number of hydrogen-bond donors (Lipinski definition) is 0. The Balaban J connectivity index is 1.63. The summed E-state index contributed by atoms with van der Waals surface area (Å²) in [7, 11) is 0. The molecule has 0 N–H and O–H groups in total. The molecular weight excluding hydrogens is 392 g/mol. The SMILES string of the molecule is Cc1cc(C)c(C(=O)c2ccccc2)c(C)c1Cc1ccc(C(=O)c2ccccc2)cc1. The lowest BCUT2D eigenvalue weighted by Crippen LogP contribution is -2.10. The van der Waals surface area contributed by atoms with Crippen LogP contribution < -0.4 is 0 Å². The minimum absolute atomic E-state index is 0.0237. The Morgan fingerprint density at radius 3 is 1.66 bits per heavy atom. The third-order valence-electron chi connectivity index (χ3n) is 6.03. The van der Waals surface area contributed by atoms with Gasteiger partial charge < -0.3 is 0 Å². The highest BCUT2D eigenvalue weighted by Crippen LogP contribution is 2.27. The van der Waals surface area contributed by atoms with Gasteiger partial charge in [-0.1, -0.05) is 91.0 Å². The molecule has 2 nitrogen and oxygen atoms in total. The standard InChI is InChI=1S/C30H26O2/c1-20-18-21(2)28(30(32)25-12-8-5-9-13-25)22(3)27(20)19-23-14-16-26(17-15-23)29(31)24-10-6-4-7-11-24/h4-18H,19H2,1-3H3. The minimum Gasteiger partial charge on any atom is -0.289 e. The van der Waals surface area contributed by atoms with Crippen LogP contribution >= 0.6 is 0 Å². The Morgan fingerprint density at radius 1 is 0.594 bits per heavy atom. The molecule has 0 spiro atoms. The molecule has 0 heterocycles. The summed E-state index contributed by atoms with van der Waals surface area (Å²) in [6, 6.07) is 28.7. The zero-order chi connectivity index (χ0) is 22.7. The molecule has 0 amide bonds. The van der Waals surface area contributed by atoms with E-state index in [4.69, 9.17) is 0 Å². The number of ketones is 2. The van der Waals surface area contributed by atoms with Crippen molar-refractivity contribution < 1.29 is 9.59 Å². The molecule has 4 aromatic carbocycles. The smallest absolute Gasteiger partial charge is 0.193 e. The quantitative estimate of drug-likeness (QED) is 0.328. The molecule has 32 heavy (non-hydrogen) atoms. The molecule has 0 fully saturated rings. The maximum atomic E-state index is 13.2. The van der Waals surface area contributed by atoms with Gasteiger partial charge in [0.1, 0.15) is 0 Å². The van der Waals surface area contributed by atoms with E-state index in [1.54, 1.807) is 0 Å². The van der Waals surface area contributed by atoms with Crippen molar-refractivity contribution >= 4 is 11.6 Å². The monoisotopic (exact) mass is 418 g/mol. The van der Waals surface area contributed by atoms with E-state index >= 15 is 0 Å². The van der Waals surface area contributed by atoms with Crippen molar-refractivity contribution in [1.82, 2.24) is 0 Å². The minimum atomic E-state index is 0.0237. The van der Waals surface area contributed by atoms with E-state index < -0.39 is 0 Å². The highest BCUT2D eigenvalue weighted by molar-refractivity contribution is 6.11. The van der Waals surface area contributed by atoms with Crippen molar-refractivity contribution in [1.29, 1.82) is 0 Å². The van der Waals surface area contributed by atoms with E-state index in [1.165, 1.54) is 5.56 Å². The van der Waals surface area contributed by atoms with Crippen LogP contribution in [0.25, 0.3) is 0 Å². The van der Waals surface area contributed by atoms with Crippen LogP contribution in [0.3, 0.4) is 0 Å². The summed E-state index contributed by atoms with van der Waals surface area (Å²) in [6.45, 7) is 6.14. The first-order chi connectivity index (χ1) is 15.5. The van der Waals surface area contributed by atoms with Gasteiger partial charge in [0.25, 0.3) is 0 Å². The Hall–Kier alpha value is -3.78. The van der Waals surface area contributed by atoms with Gasteiger partial charge in [0, 0.05) is 22.3 Å². The Labute approximate surface area is 189 Å². The second kappa shape index (κ2) is 9.15. The maximum Gasteiger partial charge on any atom is 0.193 e. The average molecular weight is 419 g/mol. The van der Waals surface area contributed by atoms with Gasteiger partial charge in [-0.05, 0) is 55.0 Å². The number of aryl methyl sites for hydroxylation is 2. The van der Waals surface area contributed by atoms with E-state index in [2.05, 4.69) is 13.0 Å². The summed E-state index contributed by atoms with van der Waals surface area (Å²) >= 11 is 0. The van der Waals surface area contributed by atoms with Crippen molar-refractivity contribution in [3.8, 4) is 0 Å². The maximum absolute atomic E-state index is 13.2. The molecular formula is C30H26O2. The van der Waals surface area contributed by atoms with Crippen LogP contribution in [0.5, 0.6) is 0 Å². The molecule has 4 rings (SSSR count). The van der Waals surface area contributed by atoms with Gasteiger partial charge >= 0.3 is 0 Å². The Morgan fingerprint density at radius 2 is 1.09 bits per heavy atom. The normalized spacial score (nSPS) is 10.7. The zero-order valence-corrected chi connectivity index (χ0v) is 18.7. The molecule has 158 valence electrons. The summed E-state index contributed by atoms with van der Waals surface area (Å²) < 4.78 is 0. The van der Waals surface area contributed by atoms with Gasteiger partial charge in [-0.3, -0.25) is 9.59 Å². The van der Waals surface area contributed by atoms with E-state index in [0.717, 1.165) is 27.8 Å². The Kier molecular flexibility index (Phi) is 6.13. The van der Waals surface area contributed by atoms with Crippen LogP contribution in [0.2, 0.25) is 0 Å². The second-order valence-electron chi connectivity index (χ2n) is 8.25. The molecule has 0 bridgehead atoms. The van der Waals surface area contributed by atoms with Gasteiger partial charge in [0.2, 0.25) is 0 Å². The summed E-state index contributed by atoms with van der Waals surface area (Å²) in [4.78, 5) is 25.9. The third-order valence-corrected chi connectivity index (χ3v) is 6.03. The lowest BCUT2D eigenvalue weighted by atomic mass is 9.86. The van der Waals surface area contributed by atoms with Crippen LogP contribution in [-0.2, 0) is 6.42 Å². The fraction of sp³-hybridized carbons (Fsp3) is 0.133. The van der Waals surface area contributed by atoms with Gasteiger partial charge in [0.15, 0.2) is 11.6 Å². The third kappa shape index (κ3) is 4.31. The number of benzene rings is 4. The molecule has 0 saturated carbocycles. The van der Waals surface area contributed by atoms with Gasteiger partial charge in [-0.25, -0.2) is 0 Å². The average Bonchev–Trinajstić information content (AvgIpc) is 2.82. The summed E-state index contributed by atoms with van der Waals surface area (Å²) in [5, 5.41) is 0. The van der Waals surface area contributed by atoms with Crippen LogP contribution in [0.1, 0.15) is 59.7 Å². The molecule has 0 aliphatic carbocycles. The van der Waals surface area contributed by atoms with Crippen molar-refractivity contribution in [3.05, 3.63) is 141 Å². The number of carbonyl (C=O) groups is 2. The molecule has 0 aromatic heterocycles. The van der Waals surface area contributed by atoms with Crippen LogP contribution in [0, 0.1) is 20.8 Å². The lowest BCUT2D eigenvalue weighted by molar-refractivity contribution is 0.103. The number of rotatable bonds is 6. The first kappa shape index (κ1) is 21.5. The summed E-state index contributed by atoms with van der Waals surface area (Å²) in [5.41, 5.74) is 8.34. The number of hydrogen-bond acceptors (Lipinski definition) is 2. The van der Waals surface area contributed by atoms with E-state index in [9.17, 15) is 9.59 Å². The van der Waals surface area contributed by atoms with Crippen LogP contribution in [-0.4, -0.2) is 11.6 Å². The molecule has 0 aliphatic heterocycles. The van der Waals surface area contributed by atoms with Gasteiger partial charge in [-0.2, -0.15) is 0 Å². The van der Waals surface area contributed by atoms with Crippen molar-refractivity contribution in [2.75, 3.05) is 0 Å². The highest BCUT2D eigenvalue weighted by Gasteiger charge is 2.19. The first-order valence-electron chi connectivity index (χ1n) is 10.8. The largest absolute Gasteiger partial charge is 0.289 e. The molecule has 0 unspecified atom stereocenters. The van der Waals surface area contributed by atoms with Crippen molar-refractivity contribution in [2.45, 2.75) is 27.2 Å². The highest BCUT2D eigenvalue weighted by atomic mass is 16.1. The van der Waals surface area contributed by atoms with E-state index in [0.29, 0.717) is 23.1 Å². The van der Waals surface area contributed by atoms with Crippen molar-refractivity contribution in [3.63, 3.8) is 0 Å². The van der Waals surface area contributed by atoms with E-state index in [1.807, 2.05) is 98.8 Å². The molecule has 2 heteroatoms. The summed E-state index contributed by atoms with van der Waals surface area (Å²) in [5.74, 6) is 0.0845. The predicted molar refractivity (Wildman–Crippen MR) is 130 cm³/mol. The Bertz CT molecular complexity index is 1270. The lowest BCUT2D eigenvalue weighted by Gasteiger charge is -2.17. The molecule has 0 aliphatic rings. The fourth-order valence-corrected chi connectivity index (χ4v) is 4.32. The molecule has 4 aromatic rings. The van der Waals surface area contributed by atoms with Crippen LogP contribution in [0.15, 0.2) is 91.0 Å². The number of carbonyl (C=O) groups excluding carboxylic acids is 2. The molecule has 0 atom stereocenters. The van der Waals surface area contributed by atoms with Gasteiger partial charge in [-0.15, -0.1) is 0 Å². The molecule has 0 radical (unpaired) electrons. The zero-order valence-electron chi connectivity index (χ0n) is 18.7.